The minimum Gasteiger partial charge on any atom is -0.309 e. The van der Waals surface area contributed by atoms with Crippen LogP contribution in [0.5, 0.6) is 0 Å². The molecule has 0 aliphatic carbocycles. The van der Waals surface area contributed by atoms with E-state index in [-0.39, 0.29) is 0 Å². The number of rotatable bonds is 3. The van der Waals surface area contributed by atoms with Crippen molar-refractivity contribution in [1.82, 2.24) is 9.13 Å². The molecule has 0 radical (unpaired) electrons. The van der Waals surface area contributed by atoms with Crippen LogP contribution in [0.25, 0.3) is 66.1 Å². The van der Waals surface area contributed by atoms with Gasteiger partial charge >= 0.3 is 0 Å². The van der Waals surface area contributed by atoms with E-state index in [1.807, 2.05) is 0 Å². The SMILES string of the molecule is Bc1cc2c(c(B)c1B)c1c(B)c(B)c(B)cc1n2-c1cccc(-c2cccc(-n3c4cc(B)c(B)c(B)c4c4c(B)c(B)c(B)cc43)c2)c1. The minimum absolute atomic E-state index is 1.19. The largest absolute Gasteiger partial charge is 0.309 e. The second kappa shape index (κ2) is 11.6. The van der Waals surface area contributed by atoms with Crippen LogP contribution < -0.4 is 65.6 Å². The highest BCUT2D eigenvalue weighted by molar-refractivity contribution is 6.66. The Labute approximate surface area is 306 Å². The van der Waals surface area contributed by atoms with Crippen molar-refractivity contribution in [3.05, 3.63) is 72.8 Å². The van der Waals surface area contributed by atoms with E-state index >= 15 is 0 Å². The highest BCUT2D eigenvalue weighted by Gasteiger charge is 2.21. The molecule has 8 aromatic rings. The molecule has 2 aromatic heterocycles. The van der Waals surface area contributed by atoms with Gasteiger partial charge in [0.2, 0.25) is 0 Å². The van der Waals surface area contributed by atoms with Crippen LogP contribution in [0, 0.1) is 0 Å². The fourth-order valence-electron chi connectivity index (χ4n) is 8.68. The first-order chi connectivity index (χ1) is 23.8. The first kappa shape index (κ1) is 32.9. The highest BCUT2D eigenvalue weighted by Crippen LogP contribution is 2.33. The van der Waals surface area contributed by atoms with Crippen molar-refractivity contribution < 1.29 is 0 Å². The van der Waals surface area contributed by atoms with E-state index in [9.17, 15) is 0 Å². The van der Waals surface area contributed by atoms with Crippen molar-refractivity contribution >= 4 is 203 Å². The maximum Gasteiger partial charge on any atom is 0.139 e. The van der Waals surface area contributed by atoms with Crippen molar-refractivity contribution in [3.63, 3.8) is 0 Å². The summed E-state index contributed by atoms with van der Waals surface area (Å²) in [4.78, 5) is 0. The second-order valence-electron chi connectivity index (χ2n) is 15.1. The van der Waals surface area contributed by atoms with Crippen molar-refractivity contribution in [2.24, 2.45) is 0 Å². The van der Waals surface area contributed by atoms with E-state index in [1.54, 1.807) is 0 Å². The third-order valence-corrected chi connectivity index (χ3v) is 12.6. The van der Waals surface area contributed by atoms with Gasteiger partial charge in [0, 0.05) is 32.9 Å². The van der Waals surface area contributed by atoms with Gasteiger partial charge in [-0.15, -0.1) is 21.9 Å². The molecule has 226 valence electrons. The van der Waals surface area contributed by atoms with Crippen molar-refractivity contribution in [2.45, 2.75) is 0 Å². The van der Waals surface area contributed by atoms with Gasteiger partial charge in [-0.1, -0.05) is 68.0 Å². The van der Waals surface area contributed by atoms with E-state index < -0.39 is 0 Å². The van der Waals surface area contributed by atoms with Crippen LogP contribution in [-0.2, 0) is 0 Å². The molecule has 0 unspecified atom stereocenters. The smallest absolute Gasteiger partial charge is 0.139 e. The number of fused-ring (bicyclic) bond motifs is 6. The number of hydrogen-bond donors (Lipinski definition) is 0. The van der Waals surface area contributed by atoms with Crippen LogP contribution in [-0.4, -0.2) is 103 Å². The summed E-state index contributed by atoms with van der Waals surface area (Å²) in [5.74, 6) is 0. The van der Waals surface area contributed by atoms with Gasteiger partial charge in [-0.2, -0.15) is 0 Å². The Morgan fingerprint density at radius 2 is 0.560 bits per heavy atom. The molecule has 0 atom stereocenters. The van der Waals surface area contributed by atoms with Crippen molar-refractivity contribution in [2.75, 3.05) is 0 Å². The molecule has 0 saturated heterocycles. The van der Waals surface area contributed by atoms with Gasteiger partial charge in [0.1, 0.15) is 94.2 Å². The number of nitrogens with zero attached hydrogens (tertiary/aromatic N) is 2. The first-order valence-electron chi connectivity index (χ1n) is 18.0. The zero-order valence-corrected chi connectivity index (χ0v) is 31.8. The Balaban J connectivity index is 1.38. The molecule has 0 fully saturated rings. The maximum atomic E-state index is 2.51. The molecule has 2 nitrogen and oxygen atoms in total. The van der Waals surface area contributed by atoms with Gasteiger partial charge < -0.3 is 9.13 Å². The predicted molar refractivity (Wildman–Crippen MR) is 259 cm³/mol. The summed E-state index contributed by atoms with van der Waals surface area (Å²) in [5, 5.41) is 5.52. The average molecular weight is 626 g/mol. The molecule has 0 aliphatic heterocycles. The summed E-state index contributed by atoms with van der Waals surface area (Å²) in [6.45, 7) is 0. The lowest BCUT2D eigenvalue weighted by atomic mass is 9.68. The van der Waals surface area contributed by atoms with Crippen LogP contribution in [0.4, 0.5) is 0 Å². The molecule has 8 rings (SSSR count). The van der Waals surface area contributed by atoms with Gasteiger partial charge in [0.05, 0.1) is 22.1 Å². The van der Waals surface area contributed by atoms with Gasteiger partial charge in [0.25, 0.3) is 0 Å². The van der Waals surface area contributed by atoms with E-state index in [1.165, 1.54) is 132 Å². The molecule has 6 aromatic carbocycles. The molecule has 0 bridgehead atoms. The lowest BCUT2D eigenvalue weighted by Crippen LogP contribution is -2.41. The third kappa shape index (κ3) is 4.59. The summed E-state index contributed by atoms with van der Waals surface area (Å²) in [6, 6.07) is 27.9. The standard InChI is InChI=1S/C36H36B12N2/c37-17-9-21-25(33(45)29(17)41)26-22(10-18(38)30(42)34(26)46)49(21)15-5-1-3-13(7-15)14-4-2-6-16(8-14)50-23-11-19(39)31(43)35(47)27(23)28-24(50)12-20(40)32(44)36(28)48/h1-12H,37-48H2. The van der Waals surface area contributed by atoms with Gasteiger partial charge in [-0.3, -0.25) is 0 Å². The summed E-state index contributed by atoms with van der Waals surface area (Å²) >= 11 is 0. The number of hydrogen-bond acceptors (Lipinski definition) is 0. The van der Waals surface area contributed by atoms with Crippen molar-refractivity contribution in [1.29, 1.82) is 0 Å². The summed E-state index contributed by atoms with van der Waals surface area (Å²) in [7, 11) is 27.3. The molecule has 50 heavy (non-hydrogen) atoms. The van der Waals surface area contributed by atoms with Gasteiger partial charge in [-0.05, 0) is 59.7 Å². The molecule has 0 spiro atoms. The molecular formula is C36H36B12N2. The van der Waals surface area contributed by atoms with Crippen LogP contribution >= 0.6 is 0 Å². The normalized spacial score (nSPS) is 11.8. The van der Waals surface area contributed by atoms with Crippen LogP contribution in [0.2, 0.25) is 0 Å². The summed E-state index contributed by atoms with van der Waals surface area (Å²) in [6.07, 6.45) is 0. The molecule has 0 saturated carbocycles. The highest BCUT2D eigenvalue weighted by atomic mass is 15.0. The van der Waals surface area contributed by atoms with Crippen molar-refractivity contribution in [3.8, 4) is 22.5 Å². The van der Waals surface area contributed by atoms with Crippen LogP contribution in [0.1, 0.15) is 0 Å². The first-order valence-corrected chi connectivity index (χ1v) is 18.0. The zero-order valence-electron chi connectivity index (χ0n) is 31.8. The maximum absolute atomic E-state index is 2.51. The topological polar surface area (TPSA) is 9.86 Å². The van der Waals surface area contributed by atoms with E-state index in [4.69, 9.17) is 0 Å². The fourth-order valence-corrected chi connectivity index (χ4v) is 8.68. The Morgan fingerprint density at radius 3 is 0.820 bits per heavy atom. The second-order valence-corrected chi connectivity index (χ2v) is 15.1. The van der Waals surface area contributed by atoms with E-state index in [2.05, 4.69) is 176 Å². The Hall–Kier alpha value is -4.30. The van der Waals surface area contributed by atoms with E-state index in [0.29, 0.717) is 0 Å². The molecule has 0 aliphatic rings. The average Bonchev–Trinajstić information content (AvgIpc) is 3.60. The Morgan fingerprint density at radius 1 is 0.300 bits per heavy atom. The molecule has 0 N–H and O–H groups in total. The third-order valence-electron chi connectivity index (χ3n) is 12.6. The zero-order chi connectivity index (χ0) is 35.5. The van der Waals surface area contributed by atoms with Crippen LogP contribution in [0.3, 0.4) is 0 Å². The lowest BCUT2D eigenvalue weighted by Gasteiger charge is -2.15. The number of benzene rings is 6. The quantitative estimate of drug-likeness (QED) is 0.173. The Kier molecular flexibility index (Phi) is 7.64. The molecular weight excluding hydrogens is 590 g/mol. The van der Waals surface area contributed by atoms with Crippen LogP contribution in [0.15, 0.2) is 72.8 Å². The molecule has 2 heterocycles. The van der Waals surface area contributed by atoms with Gasteiger partial charge in [0.15, 0.2) is 0 Å². The summed E-state index contributed by atoms with van der Waals surface area (Å²) < 4.78 is 5.01. The molecule has 14 heteroatoms. The predicted octanol–water partition coefficient (Wildman–Crippen LogP) is -11.4. The molecule has 0 amide bonds. The minimum atomic E-state index is 1.19. The van der Waals surface area contributed by atoms with Gasteiger partial charge in [-0.25, -0.2) is 0 Å². The van der Waals surface area contributed by atoms with E-state index in [0.717, 1.165) is 0 Å². The summed E-state index contributed by atoms with van der Waals surface area (Å²) in [5.41, 5.74) is 26.3. The fraction of sp³-hybridized carbons (Fsp3) is 0. The number of aromatic nitrogens is 2. The monoisotopic (exact) mass is 628 g/mol. The lowest BCUT2D eigenvalue weighted by molar-refractivity contribution is 1.18. The Bertz CT molecular complexity index is 2460.